The molecule has 4 nitrogen and oxygen atoms in total. The summed E-state index contributed by atoms with van der Waals surface area (Å²) in [5.41, 5.74) is 1.18. The molecule has 0 saturated carbocycles. The summed E-state index contributed by atoms with van der Waals surface area (Å²) < 4.78 is 5.91. The second kappa shape index (κ2) is 5.61. The zero-order valence-electron chi connectivity index (χ0n) is 12.9. The third-order valence-corrected chi connectivity index (χ3v) is 4.60. The molecule has 2 unspecified atom stereocenters. The number of piperidine rings is 1. The lowest BCUT2D eigenvalue weighted by atomic mass is 10.0. The third kappa shape index (κ3) is 2.66. The molecule has 3 heterocycles. The number of rotatable bonds is 3. The van der Waals surface area contributed by atoms with Crippen molar-refractivity contribution in [3.63, 3.8) is 0 Å². The standard InChI is InChI=1S/C18H21N3O/c1-20-11-14-7-16(13-20)21(12-14)15-8-18(10-19-9-15)22-17-5-3-2-4-6-17/h2-6,8-10,14,16H,7,11-13H2,1H3. The van der Waals surface area contributed by atoms with Crippen LogP contribution in [0.25, 0.3) is 0 Å². The number of anilines is 1. The van der Waals surface area contributed by atoms with Crippen molar-refractivity contribution in [2.45, 2.75) is 12.5 Å². The van der Waals surface area contributed by atoms with Gasteiger partial charge in [0.2, 0.25) is 0 Å². The Bertz CT molecular complexity index is 646. The van der Waals surface area contributed by atoms with E-state index >= 15 is 0 Å². The molecule has 2 aliphatic rings. The molecule has 2 aromatic rings. The van der Waals surface area contributed by atoms with E-state index < -0.39 is 0 Å². The van der Waals surface area contributed by atoms with E-state index in [0.717, 1.165) is 30.5 Å². The molecule has 2 fully saturated rings. The van der Waals surface area contributed by atoms with Crippen LogP contribution < -0.4 is 9.64 Å². The maximum Gasteiger partial charge on any atom is 0.147 e. The van der Waals surface area contributed by atoms with Crippen molar-refractivity contribution in [2.24, 2.45) is 5.92 Å². The lowest BCUT2D eigenvalue weighted by molar-refractivity contribution is 0.235. The van der Waals surface area contributed by atoms with Crippen LogP contribution in [0.5, 0.6) is 11.5 Å². The molecule has 2 aliphatic heterocycles. The summed E-state index contributed by atoms with van der Waals surface area (Å²) in [6.07, 6.45) is 5.04. The van der Waals surface area contributed by atoms with E-state index in [1.54, 1.807) is 6.20 Å². The van der Waals surface area contributed by atoms with Crippen molar-refractivity contribution in [2.75, 3.05) is 31.6 Å². The zero-order chi connectivity index (χ0) is 14.9. The molecule has 2 atom stereocenters. The topological polar surface area (TPSA) is 28.6 Å². The maximum absolute atomic E-state index is 5.91. The molecule has 2 saturated heterocycles. The van der Waals surface area contributed by atoms with Gasteiger partial charge in [-0.2, -0.15) is 0 Å². The van der Waals surface area contributed by atoms with E-state index in [4.69, 9.17) is 4.74 Å². The fourth-order valence-corrected chi connectivity index (χ4v) is 3.76. The van der Waals surface area contributed by atoms with E-state index in [2.05, 4.69) is 27.9 Å². The second-order valence-corrected chi connectivity index (χ2v) is 6.42. The van der Waals surface area contributed by atoms with Gasteiger partial charge in [-0.3, -0.25) is 4.98 Å². The van der Waals surface area contributed by atoms with Gasteiger partial charge in [-0.05, 0) is 31.5 Å². The van der Waals surface area contributed by atoms with Gasteiger partial charge in [-0.25, -0.2) is 0 Å². The molecule has 2 bridgehead atoms. The molecule has 0 aliphatic carbocycles. The predicted molar refractivity (Wildman–Crippen MR) is 87.5 cm³/mol. The summed E-state index contributed by atoms with van der Waals surface area (Å²) in [5.74, 6) is 2.43. The lowest BCUT2D eigenvalue weighted by Gasteiger charge is -2.30. The van der Waals surface area contributed by atoms with Gasteiger partial charge >= 0.3 is 0 Å². The Balaban J connectivity index is 1.55. The second-order valence-electron chi connectivity index (χ2n) is 6.42. The van der Waals surface area contributed by atoms with E-state index in [1.807, 2.05) is 36.5 Å². The van der Waals surface area contributed by atoms with Crippen molar-refractivity contribution >= 4 is 5.69 Å². The molecule has 1 aromatic carbocycles. The summed E-state index contributed by atoms with van der Waals surface area (Å²) in [6, 6.07) is 12.6. The Morgan fingerprint density at radius 3 is 2.77 bits per heavy atom. The normalized spacial score (nSPS) is 24.5. The van der Waals surface area contributed by atoms with Gasteiger partial charge in [0.15, 0.2) is 0 Å². The molecular formula is C18H21N3O. The van der Waals surface area contributed by atoms with E-state index in [0.29, 0.717) is 6.04 Å². The average Bonchev–Trinajstić information content (AvgIpc) is 2.83. The molecule has 114 valence electrons. The minimum Gasteiger partial charge on any atom is -0.456 e. The maximum atomic E-state index is 5.91. The minimum atomic E-state index is 0.609. The number of ether oxygens (including phenoxy) is 1. The largest absolute Gasteiger partial charge is 0.456 e. The number of benzene rings is 1. The zero-order valence-corrected chi connectivity index (χ0v) is 12.9. The van der Waals surface area contributed by atoms with Gasteiger partial charge in [0.05, 0.1) is 18.1 Å². The van der Waals surface area contributed by atoms with Gasteiger partial charge in [0.1, 0.15) is 11.5 Å². The predicted octanol–water partition coefficient (Wildman–Crippen LogP) is 3.01. The Morgan fingerprint density at radius 1 is 1.05 bits per heavy atom. The number of nitrogens with zero attached hydrogens (tertiary/aromatic N) is 3. The highest BCUT2D eigenvalue weighted by molar-refractivity contribution is 5.51. The van der Waals surface area contributed by atoms with E-state index in [1.165, 1.54) is 18.7 Å². The average molecular weight is 295 g/mol. The van der Waals surface area contributed by atoms with Crippen molar-refractivity contribution in [3.05, 3.63) is 48.8 Å². The monoisotopic (exact) mass is 295 g/mol. The molecule has 1 aromatic heterocycles. The quantitative estimate of drug-likeness (QED) is 0.870. The number of pyridine rings is 1. The van der Waals surface area contributed by atoms with Crippen LogP contribution in [-0.2, 0) is 0 Å². The highest BCUT2D eigenvalue weighted by Crippen LogP contribution is 2.34. The number of fused-ring (bicyclic) bond motifs is 2. The summed E-state index contributed by atoms with van der Waals surface area (Å²) in [6.45, 7) is 3.48. The van der Waals surface area contributed by atoms with Crippen molar-refractivity contribution in [3.8, 4) is 11.5 Å². The summed E-state index contributed by atoms with van der Waals surface area (Å²) in [4.78, 5) is 9.32. The number of aromatic nitrogens is 1. The highest BCUT2D eigenvalue weighted by Gasteiger charge is 2.37. The van der Waals surface area contributed by atoms with Crippen LogP contribution in [0.4, 0.5) is 5.69 Å². The van der Waals surface area contributed by atoms with Crippen molar-refractivity contribution in [1.82, 2.24) is 9.88 Å². The third-order valence-electron chi connectivity index (χ3n) is 4.60. The van der Waals surface area contributed by atoms with Crippen molar-refractivity contribution in [1.29, 1.82) is 0 Å². The number of likely N-dealkylation sites (N-methyl/N-ethyl adjacent to an activating group) is 1. The lowest BCUT2D eigenvalue weighted by Crippen LogP contribution is -2.40. The van der Waals surface area contributed by atoms with Gasteiger partial charge in [0.25, 0.3) is 0 Å². The van der Waals surface area contributed by atoms with Crippen LogP contribution in [0.15, 0.2) is 48.8 Å². The van der Waals surface area contributed by atoms with Crippen LogP contribution in [0.1, 0.15) is 6.42 Å². The van der Waals surface area contributed by atoms with Crippen LogP contribution in [0.2, 0.25) is 0 Å². The summed E-state index contributed by atoms with van der Waals surface area (Å²) in [5, 5.41) is 0. The van der Waals surface area contributed by atoms with Crippen LogP contribution in [0.3, 0.4) is 0 Å². The van der Waals surface area contributed by atoms with E-state index in [9.17, 15) is 0 Å². The Kier molecular flexibility index (Phi) is 3.47. The number of likely N-dealkylation sites (tertiary alicyclic amines) is 1. The minimum absolute atomic E-state index is 0.609. The first-order valence-electron chi connectivity index (χ1n) is 7.91. The van der Waals surface area contributed by atoms with Crippen molar-refractivity contribution < 1.29 is 4.74 Å². The van der Waals surface area contributed by atoms with Crippen LogP contribution in [0, 0.1) is 5.92 Å². The number of para-hydroxylation sites is 1. The molecule has 0 spiro atoms. The first kappa shape index (κ1) is 13.6. The van der Waals surface area contributed by atoms with Gasteiger partial charge in [-0.1, -0.05) is 18.2 Å². The molecule has 0 amide bonds. The van der Waals surface area contributed by atoms with E-state index in [-0.39, 0.29) is 0 Å². The summed E-state index contributed by atoms with van der Waals surface area (Å²) in [7, 11) is 2.22. The fourth-order valence-electron chi connectivity index (χ4n) is 3.76. The first-order chi connectivity index (χ1) is 10.8. The fraction of sp³-hybridized carbons (Fsp3) is 0.389. The molecular weight excluding hydrogens is 274 g/mol. The molecule has 4 heteroatoms. The smallest absolute Gasteiger partial charge is 0.147 e. The molecule has 0 radical (unpaired) electrons. The van der Waals surface area contributed by atoms with Gasteiger partial charge < -0.3 is 14.5 Å². The van der Waals surface area contributed by atoms with Crippen LogP contribution in [-0.4, -0.2) is 42.6 Å². The Labute approximate surface area is 131 Å². The Hall–Kier alpha value is -2.07. The summed E-state index contributed by atoms with van der Waals surface area (Å²) >= 11 is 0. The van der Waals surface area contributed by atoms with Gasteiger partial charge in [0, 0.05) is 31.7 Å². The first-order valence-corrected chi connectivity index (χ1v) is 7.91. The molecule has 4 rings (SSSR count). The number of hydrogen-bond acceptors (Lipinski definition) is 4. The molecule has 22 heavy (non-hydrogen) atoms. The molecule has 0 N–H and O–H groups in total. The van der Waals surface area contributed by atoms with Gasteiger partial charge in [-0.15, -0.1) is 0 Å². The number of hydrogen-bond donors (Lipinski definition) is 0. The van der Waals surface area contributed by atoms with Crippen LogP contribution >= 0.6 is 0 Å². The SMILES string of the molecule is CN1CC2CC(C1)N(c1cncc(Oc3ccccc3)c1)C2. The highest BCUT2D eigenvalue weighted by atomic mass is 16.5. The Morgan fingerprint density at radius 2 is 1.91 bits per heavy atom.